The number of hydrogen-bond donors (Lipinski definition) is 0. The van der Waals surface area contributed by atoms with Crippen LogP contribution in [-0.2, 0) is 14.6 Å². The van der Waals surface area contributed by atoms with Crippen LogP contribution in [0.2, 0.25) is 0 Å². The highest BCUT2D eigenvalue weighted by molar-refractivity contribution is 7.96. The molecule has 1 fully saturated rings. The van der Waals surface area contributed by atoms with Gasteiger partial charge in [0, 0.05) is 25.0 Å². The van der Waals surface area contributed by atoms with Crippen LogP contribution in [0.15, 0.2) is 58.5 Å². The van der Waals surface area contributed by atoms with E-state index in [0.29, 0.717) is 18.8 Å². The van der Waals surface area contributed by atoms with E-state index in [9.17, 15) is 22.0 Å². The molecule has 140 valence electrons. The Balaban J connectivity index is 1.91. The average Bonchev–Trinajstić information content (AvgIpc) is 3.15. The number of likely N-dealkylation sites (tertiary alicyclic amines) is 1. The third-order valence-corrected chi connectivity index (χ3v) is 6.48. The molecule has 5 nitrogen and oxygen atoms in total. The highest BCUT2D eigenvalue weighted by Crippen LogP contribution is 2.40. The summed E-state index contributed by atoms with van der Waals surface area (Å²) in [6.07, 6.45) is 2.79. The second kappa shape index (κ2) is 6.45. The molecule has 2 aliphatic heterocycles. The van der Waals surface area contributed by atoms with E-state index < -0.39 is 32.3 Å². The number of amides is 1. The molecular weight excluding hydrogens is 374 g/mol. The first-order valence-corrected chi connectivity index (χ1v) is 9.97. The first-order chi connectivity index (χ1) is 12.9. The van der Waals surface area contributed by atoms with Gasteiger partial charge in [0.2, 0.25) is 9.84 Å². The molecule has 0 radical (unpaired) electrons. The molecule has 8 heteroatoms. The quantitative estimate of drug-likeness (QED) is 0.738. The van der Waals surface area contributed by atoms with Crippen molar-refractivity contribution in [3.05, 3.63) is 65.2 Å². The summed E-state index contributed by atoms with van der Waals surface area (Å²) in [4.78, 5) is 15.1. The number of carbonyl (C=O) groups is 1. The molecule has 2 aromatic carbocycles. The lowest BCUT2D eigenvalue weighted by molar-refractivity contribution is -0.125. The molecule has 2 heterocycles. The zero-order valence-electron chi connectivity index (χ0n) is 14.2. The summed E-state index contributed by atoms with van der Waals surface area (Å²) in [5, 5.41) is 0. The fraction of sp³-hybridized carbons (Fsp3) is 0.211. The Kier molecular flexibility index (Phi) is 4.22. The summed E-state index contributed by atoms with van der Waals surface area (Å²) in [6.45, 7) is 0.976. The van der Waals surface area contributed by atoms with Gasteiger partial charge in [-0.25, -0.2) is 17.2 Å². The summed E-state index contributed by atoms with van der Waals surface area (Å²) in [5.74, 6) is -1.75. The predicted octanol–water partition coefficient (Wildman–Crippen LogP) is 3.35. The van der Waals surface area contributed by atoms with Crippen LogP contribution >= 0.6 is 0 Å². The van der Waals surface area contributed by atoms with Gasteiger partial charge in [0.15, 0.2) is 4.91 Å². The van der Waals surface area contributed by atoms with Crippen molar-refractivity contribution in [3.8, 4) is 0 Å². The summed E-state index contributed by atoms with van der Waals surface area (Å²) in [7, 11) is -4.12. The zero-order chi connectivity index (χ0) is 19.2. The Morgan fingerprint density at radius 2 is 1.67 bits per heavy atom. The molecule has 2 aromatic rings. The molecule has 0 unspecified atom stereocenters. The minimum absolute atomic E-state index is 0.0403. The van der Waals surface area contributed by atoms with Crippen molar-refractivity contribution in [1.82, 2.24) is 4.90 Å². The molecule has 0 saturated carbocycles. The van der Waals surface area contributed by atoms with Crippen molar-refractivity contribution in [2.45, 2.75) is 17.7 Å². The zero-order valence-corrected chi connectivity index (χ0v) is 15.0. The fourth-order valence-electron chi connectivity index (χ4n) is 3.37. The molecule has 0 spiro atoms. The number of sulfone groups is 1. The maximum Gasteiger partial charge on any atom is 0.267 e. The molecule has 4 rings (SSSR count). The van der Waals surface area contributed by atoms with Gasteiger partial charge in [0.1, 0.15) is 11.6 Å². The molecule has 27 heavy (non-hydrogen) atoms. The Morgan fingerprint density at radius 3 is 2.37 bits per heavy atom. The molecule has 0 atom stereocenters. The molecule has 1 amide bonds. The van der Waals surface area contributed by atoms with E-state index in [0.717, 1.165) is 37.2 Å². The molecule has 0 bridgehead atoms. The molecule has 0 N–H and O–H groups in total. The summed E-state index contributed by atoms with van der Waals surface area (Å²) >= 11 is 0. The van der Waals surface area contributed by atoms with Crippen LogP contribution < -0.4 is 4.90 Å². The first-order valence-electron chi connectivity index (χ1n) is 8.48. The number of halogens is 2. The molecule has 1 saturated heterocycles. The minimum Gasteiger partial charge on any atom is -0.338 e. The summed E-state index contributed by atoms with van der Waals surface area (Å²) in [6, 6.07) is 8.69. The van der Waals surface area contributed by atoms with Gasteiger partial charge in [-0.3, -0.25) is 4.79 Å². The third-order valence-electron chi connectivity index (χ3n) is 4.70. The SMILES string of the molecule is O=C(C1=CN(c2cccc(F)c2)c2cc(F)ccc2S1(=O)=O)N1CCCC1. The number of carbonyl (C=O) groups excluding carboxylic acids is 1. The molecule has 0 aromatic heterocycles. The highest BCUT2D eigenvalue weighted by Gasteiger charge is 2.38. The van der Waals surface area contributed by atoms with Crippen LogP contribution in [0.5, 0.6) is 0 Å². The van der Waals surface area contributed by atoms with E-state index >= 15 is 0 Å². The Morgan fingerprint density at radius 1 is 0.963 bits per heavy atom. The number of fused-ring (bicyclic) bond motifs is 1. The van der Waals surface area contributed by atoms with Gasteiger partial charge in [-0.05, 0) is 49.2 Å². The second-order valence-corrected chi connectivity index (χ2v) is 8.34. The lowest BCUT2D eigenvalue weighted by Crippen LogP contribution is -2.35. The average molecular weight is 390 g/mol. The van der Waals surface area contributed by atoms with Gasteiger partial charge >= 0.3 is 0 Å². The van der Waals surface area contributed by atoms with Gasteiger partial charge in [-0.2, -0.15) is 0 Å². The number of rotatable bonds is 2. The molecular formula is C19H16F2N2O3S. The van der Waals surface area contributed by atoms with E-state index in [2.05, 4.69) is 0 Å². The maximum atomic E-state index is 13.8. The van der Waals surface area contributed by atoms with Gasteiger partial charge in [-0.1, -0.05) is 6.07 Å². The van der Waals surface area contributed by atoms with Crippen molar-refractivity contribution in [2.24, 2.45) is 0 Å². The number of benzene rings is 2. The monoisotopic (exact) mass is 390 g/mol. The second-order valence-electron chi connectivity index (χ2n) is 6.46. The van der Waals surface area contributed by atoms with Crippen LogP contribution in [0.4, 0.5) is 20.2 Å². The van der Waals surface area contributed by atoms with Crippen LogP contribution in [-0.4, -0.2) is 32.3 Å². The van der Waals surface area contributed by atoms with E-state index in [1.54, 1.807) is 6.07 Å². The first kappa shape index (κ1) is 17.7. The Hall–Kier alpha value is -2.74. The smallest absolute Gasteiger partial charge is 0.267 e. The molecule has 0 aliphatic carbocycles. The van der Waals surface area contributed by atoms with Crippen molar-refractivity contribution < 1.29 is 22.0 Å². The van der Waals surface area contributed by atoms with Crippen molar-refractivity contribution in [2.75, 3.05) is 18.0 Å². The van der Waals surface area contributed by atoms with E-state index in [1.165, 1.54) is 28.0 Å². The van der Waals surface area contributed by atoms with Crippen LogP contribution in [0, 0.1) is 11.6 Å². The van der Waals surface area contributed by atoms with Gasteiger partial charge in [-0.15, -0.1) is 0 Å². The Bertz CT molecular complexity index is 1060. The summed E-state index contributed by atoms with van der Waals surface area (Å²) in [5.41, 5.74) is 0.335. The number of hydrogen-bond acceptors (Lipinski definition) is 4. The van der Waals surface area contributed by atoms with Crippen LogP contribution in [0.3, 0.4) is 0 Å². The van der Waals surface area contributed by atoms with E-state index in [4.69, 9.17) is 0 Å². The fourth-order valence-corrected chi connectivity index (χ4v) is 4.89. The maximum absolute atomic E-state index is 13.8. The van der Waals surface area contributed by atoms with E-state index in [-0.39, 0.29) is 10.6 Å². The lowest BCUT2D eigenvalue weighted by Gasteiger charge is -2.30. The van der Waals surface area contributed by atoms with Crippen molar-refractivity contribution in [3.63, 3.8) is 0 Å². The number of nitrogens with zero attached hydrogens (tertiary/aromatic N) is 2. The largest absolute Gasteiger partial charge is 0.338 e. The Labute approximate surface area is 155 Å². The van der Waals surface area contributed by atoms with E-state index in [1.807, 2.05) is 0 Å². The van der Waals surface area contributed by atoms with Crippen molar-refractivity contribution >= 4 is 27.1 Å². The summed E-state index contributed by atoms with van der Waals surface area (Å²) < 4.78 is 53.6. The normalized spacial score (nSPS) is 18.2. The highest BCUT2D eigenvalue weighted by atomic mass is 32.2. The standard InChI is InChI=1S/C19H16F2N2O3S/c20-13-4-3-5-15(10-13)23-12-18(19(24)22-8-1-2-9-22)27(25,26)17-7-6-14(21)11-16(17)23/h3-7,10-12H,1-2,8-9H2. The van der Waals surface area contributed by atoms with Gasteiger partial charge < -0.3 is 9.80 Å². The number of anilines is 2. The predicted molar refractivity (Wildman–Crippen MR) is 96.0 cm³/mol. The lowest BCUT2D eigenvalue weighted by atomic mass is 10.2. The van der Waals surface area contributed by atoms with Crippen LogP contribution in [0.25, 0.3) is 0 Å². The van der Waals surface area contributed by atoms with Crippen LogP contribution in [0.1, 0.15) is 12.8 Å². The molecule has 2 aliphatic rings. The van der Waals surface area contributed by atoms with Gasteiger partial charge in [0.05, 0.1) is 10.6 Å². The third kappa shape index (κ3) is 2.99. The van der Waals surface area contributed by atoms with Crippen molar-refractivity contribution in [1.29, 1.82) is 0 Å². The minimum atomic E-state index is -4.12. The van der Waals surface area contributed by atoms with Gasteiger partial charge in [0.25, 0.3) is 5.91 Å². The topological polar surface area (TPSA) is 57.7 Å².